The lowest BCUT2D eigenvalue weighted by Gasteiger charge is -2.09. The molecule has 0 radical (unpaired) electrons. The monoisotopic (exact) mass is 272 g/mol. The summed E-state index contributed by atoms with van der Waals surface area (Å²) in [6.45, 7) is 3.26. The molecule has 1 aromatic heterocycles. The Morgan fingerprint density at radius 3 is 2.72 bits per heavy atom. The second-order valence-electron chi connectivity index (χ2n) is 3.96. The molecule has 0 atom stereocenters. The van der Waals surface area contributed by atoms with E-state index in [1.807, 2.05) is 0 Å². The molecule has 0 aliphatic rings. The van der Waals surface area contributed by atoms with E-state index < -0.39 is 15.9 Å². The molecule has 8 heteroatoms. The third-order valence-electron chi connectivity index (χ3n) is 1.94. The summed E-state index contributed by atoms with van der Waals surface area (Å²) in [5.74, 6) is -0.292. The Labute approximate surface area is 106 Å². The first-order chi connectivity index (χ1) is 8.31. The van der Waals surface area contributed by atoms with Crippen molar-refractivity contribution in [1.29, 1.82) is 0 Å². The predicted octanol–water partition coefficient (Wildman–Crippen LogP) is -0.533. The van der Waals surface area contributed by atoms with Crippen LogP contribution in [0.5, 0.6) is 0 Å². The first-order valence-electron chi connectivity index (χ1n) is 5.32. The topological polar surface area (TPSA) is 114 Å². The molecular weight excluding hydrogens is 256 g/mol. The Hall–Kier alpha value is -1.67. The molecular formula is C10H16N4O3S. The molecule has 18 heavy (non-hydrogen) atoms. The molecule has 1 amide bonds. The van der Waals surface area contributed by atoms with E-state index in [9.17, 15) is 13.2 Å². The highest BCUT2D eigenvalue weighted by atomic mass is 32.2. The highest BCUT2D eigenvalue weighted by molar-refractivity contribution is 7.89. The van der Waals surface area contributed by atoms with Crippen LogP contribution in [0.4, 0.5) is 5.82 Å². The predicted molar refractivity (Wildman–Crippen MR) is 67.1 cm³/mol. The van der Waals surface area contributed by atoms with Gasteiger partial charge in [0, 0.05) is 18.3 Å². The summed E-state index contributed by atoms with van der Waals surface area (Å²) in [5.41, 5.74) is 5.39. The molecule has 0 bridgehead atoms. The zero-order valence-electron chi connectivity index (χ0n) is 10.2. The van der Waals surface area contributed by atoms with Gasteiger partial charge in [-0.15, -0.1) is 0 Å². The van der Waals surface area contributed by atoms with Crippen LogP contribution in [0.15, 0.2) is 23.2 Å². The van der Waals surface area contributed by atoms with E-state index in [1.54, 1.807) is 13.8 Å². The van der Waals surface area contributed by atoms with Crippen molar-refractivity contribution in [2.75, 3.05) is 12.3 Å². The number of rotatable bonds is 5. The molecule has 0 aromatic carbocycles. The van der Waals surface area contributed by atoms with Crippen molar-refractivity contribution in [3.8, 4) is 0 Å². The molecule has 100 valence electrons. The van der Waals surface area contributed by atoms with Crippen molar-refractivity contribution < 1.29 is 13.2 Å². The Morgan fingerprint density at radius 2 is 2.17 bits per heavy atom. The fourth-order valence-corrected chi connectivity index (χ4v) is 2.22. The number of pyridine rings is 1. The van der Waals surface area contributed by atoms with Crippen LogP contribution in [-0.2, 0) is 14.8 Å². The summed E-state index contributed by atoms with van der Waals surface area (Å²) in [5, 5.41) is 2.58. The number of aromatic nitrogens is 1. The first kappa shape index (κ1) is 14.4. The number of sulfonamides is 1. The number of hydrogen-bond donors (Lipinski definition) is 3. The molecule has 1 rings (SSSR count). The van der Waals surface area contributed by atoms with Gasteiger partial charge < -0.3 is 11.1 Å². The van der Waals surface area contributed by atoms with Crippen molar-refractivity contribution in [3.63, 3.8) is 0 Å². The molecule has 0 aliphatic carbocycles. The van der Waals surface area contributed by atoms with E-state index in [-0.39, 0.29) is 23.3 Å². The largest absolute Gasteiger partial charge is 0.384 e. The number of carbonyl (C=O) groups excluding carboxylic acids is 1. The van der Waals surface area contributed by atoms with Gasteiger partial charge in [0.1, 0.15) is 5.82 Å². The van der Waals surface area contributed by atoms with Crippen molar-refractivity contribution in [1.82, 2.24) is 15.0 Å². The van der Waals surface area contributed by atoms with Gasteiger partial charge >= 0.3 is 0 Å². The van der Waals surface area contributed by atoms with Crippen molar-refractivity contribution in [2.24, 2.45) is 0 Å². The summed E-state index contributed by atoms with van der Waals surface area (Å²) in [4.78, 5) is 15.0. The van der Waals surface area contributed by atoms with Gasteiger partial charge in [0.15, 0.2) is 0 Å². The number of nitrogen functional groups attached to an aromatic ring is 1. The highest BCUT2D eigenvalue weighted by Gasteiger charge is 2.16. The van der Waals surface area contributed by atoms with E-state index in [1.165, 1.54) is 18.3 Å². The number of carbonyl (C=O) groups is 1. The maximum absolute atomic E-state index is 11.8. The van der Waals surface area contributed by atoms with E-state index >= 15 is 0 Å². The Kier molecular flexibility index (Phi) is 4.62. The third-order valence-corrected chi connectivity index (χ3v) is 3.33. The lowest BCUT2D eigenvalue weighted by atomic mass is 10.4. The smallest absolute Gasteiger partial charge is 0.241 e. The van der Waals surface area contributed by atoms with E-state index in [0.717, 1.165) is 0 Å². The number of nitrogens with one attached hydrogen (secondary N) is 2. The standard InChI is InChI=1S/C10H16N4O3S/c1-7(2)14-10(15)6-13-18(16,17)8-3-4-12-9(11)5-8/h3-5,7,13H,6H2,1-2H3,(H2,11,12)(H,14,15). The molecule has 0 aliphatic heterocycles. The Bertz CT molecular complexity index is 528. The molecule has 0 unspecified atom stereocenters. The molecule has 1 heterocycles. The number of hydrogen-bond acceptors (Lipinski definition) is 5. The number of nitrogens with two attached hydrogens (primary N) is 1. The minimum Gasteiger partial charge on any atom is -0.384 e. The molecule has 4 N–H and O–H groups in total. The van der Waals surface area contributed by atoms with Gasteiger partial charge in [-0.25, -0.2) is 18.1 Å². The highest BCUT2D eigenvalue weighted by Crippen LogP contribution is 2.09. The number of amides is 1. The SMILES string of the molecule is CC(C)NC(=O)CNS(=O)(=O)c1ccnc(N)c1. The normalized spacial score (nSPS) is 11.5. The lowest BCUT2D eigenvalue weighted by Crippen LogP contribution is -2.39. The minimum atomic E-state index is -3.74. The van der Waals surface area contributed by atoms with Crippen LogP contribution in [0.25, 0.3) is 0 Å². The molecule has 0 saturated carbocycles. The summed E-state index contributed by atoms with van der Waals surface area (Å²) >= 11 is 0. The maximum Gasteiger partial charge on any atom is 0.241 e. The number of anilines is 1. The second-order valence-corrected chi connectivity index (χ2v) is 5.73. The van der Waals surface area contributed by atoms with Crippen LogP contribution in [0.1, 0.15) is 13.8 Å². The van der Waals surface area contributed by atoms with Gasteiger partial charge in [-0.3, -0.25) is 4.79 Å². The Morgan fingerprint density at radius 1 is 1.50 bits per heavy atom. The van der Waals surface area contributed by atoms with Crippen molar-refractivity contribution in [3.05, 3.63) is 18.3 Å². The van der Waals surface area contributed by atoms with Crippen LogP contribution < -0.4 is 15.8 Å². The second kappa shape index (κ2) is 5.78. The fourth-order valence-electron chi connectivity index (χ4n) is 1.21. The van der Waals surface area contributed by atoms with Crippen molar-refractivity contribution in [2.45, 2.75) is 24.8 Å². The molecule has 0 fully saturated rings. The van der Waals surface area contributed by atoms with Gasteiger partial charge in [0.2, 0.25) is 15.9 Å². The lowest BCUT2D eigenvalue weighted by molar-refractivity contribution is -0.120. The summed E-state index contributed by atoms with van der Waals surface area (Å²) in [7, 11) is -3.74. The number of nitrogens with zero attached hydrogens (tertiary/aromatic N) is 1. The van der Waals surface area contributed by atoms with E-state index in [4.69, 9.17) is 5.73 Å². The van der Waals surface area contributed by atoms with Crippen LogP contribution >= 0.6 is 0 Å². The summed E-state index contributed by atoms with van der Waals surface area (Å²) < 4.78 is 25.8. The van der Waals surface area contributed by atoms with Crippen LogP contribution in [0.3, 0.4) is 0 Å². The van der Waals surface area contributed by atoms with Gasteiger partial charge in [-0.1, -0.05) is 0 Å². The maximum atomic E-state index is 11.8. The Balaban J connectivity index is 2.69. The minimum absolute atomic E-state index is 0.0210. The molecule has 0 saturated heterocycles. The van der Waals surface area contributed by atoms with Crippen molar-refractivity contribution >= 4 is 21.7 Å². The zero-order chi connectivity index (χ0) is 13.8. The molecule has 7 nitrogen and oxygen atoms in total. The van der Waals surface area contributed by atoms with Crippen LogP contribution in [0, 0.1) is 0 Å². The first-order valence-corrected chi connectivity index (χ1v) is 6.80. The van der Waals surface area contributed by atoms with Gasteiger partial charge in [-0.05, 0) is 19.9 Å². The summed E-state index contributed by atoms with van der Waals surface area (Å²) in [6.07, 6.45) is 1.29. The summed E-state index contributed by atoms with van der Waals surface area (Å²) in [6, 6.07) is 2.49. The van der Waals surface area contributed by atoms with Gasteiger partial charge in [0.05, 0.1) is 11.4 Å². The average Bonchev–Trinajstić information content (AvgIpc) is 2.26. The van der Waals surface area contributed by atoms with Crippen LogP contribution in [0.2, 0.25) is 0 Å². The average molecular weight is 272 g/mol. The fraction of sp³-hybridized carbons (Fsp3) is 0.400. The zero-order valence-corrected chi connectivity index (χ0v) is 11.0. The molecule has 1 aromatic rings. The quantitative estimate of drug-likeness (QED) is 0.666. The van der Waals surface area contributed by atoms with Gasteiger partial charge in [-0.2, -0.15) is 0 Å². The van der Waals surface area contributed by atoms with Gasteiger partial charge in [0.25, 0.3) is 0 Å². The third kappa shape index (κ3) is 4.30. The van der Waals surface area contributed by atoms with E-state index in [0.29, 0.717) is 0 Å². The van der Waals surface area contributed by atoms with Crippen LogP contribution in [-0.4, -0.2) is 31.9 Å². The molecule has 0 spiro atoms. The van der Waals surface area contributed by atoms with E-state index in [2.05, 4.69) is 15.0 Å².